The molecule has 0 spiro atoms. The smallest absolute Gasteiger partial charge is 0.336 e. The lowest BCUT2D eigenvalue weighted by molar-refractivity contribution is -0.120. The molecule has 1 N–H and O–H groups in total. The Morgan fingerprint density at radius 2 is 2.10 bits per heavy atom. The van der Waals surface area contributed by atoms with Crippen LogP contribution < -0.4 is 10.9 Å². The summed E-state index contributed by atoms with van der Waals surface area (Å²) >= 11 is 5.70. The van der Waals surface area contributed by atoms with Crippen LogP contribution in [-0.4, -0.2) is 11.3 Å². The Hall–Kier alpha value is -1.81. The summed E-state index contributed by atoms with van der Waals surface area (Å²) in [6.45, 7) is 5.71. The maximum Gasteiger partial charge on any atom is 0.336 e. The maximum atomic E-state index is 11.6. The fourth-order valence-corrected chi connectivity index (χ4v) is 2.07. The van der Waals surface area contributed by atoms with Gasteiger partial charge in [0.25, 0.3) is 0 Å². The Morgan fingerprint density at radius 1 is 1.40 bits per heavy atom. The molecule has 0 fully saturated rings. The summed E-state index contributed by atoms with van der Waals surface area (Å²) < 4.78 is 5.27. The van der Waals surface area contributed by atoms with E-state index >= 15 is 0 Å². The first-order chi connectivity index (χ1) is 9.40. The molecular weight excluding hydrogens is 278 g/mol. The molecule has 106 valence electrons. The Balaban J connectivity index is 2.46. The molecule has 0 aliphatic heterocycles. The number of hydrogen-bond donors (Lipinski definition) is 1. The highest BCUT2D eigenvalue weighted by Gasteiger charge is 2.12. The number of carbonyl (C=O) groups excluding carboxylic acids is 1. The zero-order chi connectivity index (χ0) is 14.9. The molecule has 2 rings (SSSR count). The van der Waals surface area contributed by atoms with Crippen LogP contribution in [0.25, 0.3) is 11.0 Å². The van der Waals surface area contributed by atoms with Crippen molar-refractivity contribution in [3.05, 3.63) is 45.3 Å². The van der Waals surface area contributed by atoms with Crippen molar-refractivity contribution in [2.45, 2.75) is 32.7 Å². The predicted octanol–water partition coefficient (Wildman–Crippen LogP) is 2.65. The van der Waals surface area contributed by atoms with Crippen molar-refractivity contribution >= 4 is 28.5 Å². The van der Waals surface area contributed by atoms with Crippen LogP contribution in [0, 0.1) is 13.8 Å². The molecule has 5 heteroatoms. The van der Waals surface area contributed by atoms with E-state index in [1.54, 1.807) is 6.92 Å². The van der Waals surface area contributed by atoms with Gasteiger partial charge >= 0.3 is 5.63 Å². The van der Waals surface area contributed by atoms with E-state index < -0.39 is 11.0 Å². The molecule has 20 heavy (non-hydrogen) atoms. The second-order valence-corrected chi connectivity index (χ2v) is 5.46. The Labute approximate surface area is 121 Å². The van der Waals surface area contributed by atoms with Gasteiger partial charge in [-0.3, -0.25) is 4.79 Å². The molecular formula is C15H16ClNO3. The van der Waals surface area contributed by atoms with E-state index in [-0.39, 0.29) is 12.5 Å². The van der Waals surface area contributed by atoms with Gasteiger partial charge in [-0.1, -0.05) is 12.1 Å². The molecule has 0 saturated heterocycles. The molecule has 0 bridgehead atoms. The minimum absolute atomic E-state index is 0.250. The number of fused-ring (bicyclic) bond motifs is 1. The summed E-state index contributed by atoms with van der Waals surface area (Å²) in [6, 6.07) is 5.26. The number of aryl methyl sites for hydroxylation is 2. The molecule has 0 saturated carbocycles. The van der Waals surface area contributed by atoms with E-state index in [0.717, 1.165) is 22.1 Å². The molecule has 4 nitrogen and oxygen atoms in total. The molecule has 1 amide bonds. The van der Waals surface area contributed by atoms with E-state index in [4.69, 9.17) is 16.0 Å². The molecule has 1 heterocycles. The molecule has 1 aromatic carbocycles. The lowest BCUT2D eigenvalue weighted by Gasteiger charge is -2.10. The summed E-state index contributed by atoms with van der Waals surface area (Å²) in [5, 5.41) is 2.92. The van der Waals surface area contributed by atoms with Crippen molar-refractivity contribution in [3.8, 4) is 0 Å². The number of hydrogen-bond acceptors (Lipinski definition) is 3. The average Bonchev–Trinajstić information content (AvgIpc) is 2.40. The molecule has 1 atom stereocenters. The number of alkyl halides is 1. The van der Waals surface area contributed by atoms with Crippen LogP contribution in [0.4, 0.5) is 0 Å². The summed E-state index contributed by atoms with van der Waals surface area (Å²) in [5.41, 5.74) is 2.86. The molecule has 0 aliphatic carbocycles. The minimum atomic E-state index is -0.606. The van der Waals surface area contributed by atoms with E-state index in [1.165, 1.54) is 6.07 Å². The summed E-state index contributed by atoms with van der Waals surface area (Å²) in [7, 11) is 0. The van der Waals surface area contributed by atoms with Gasteiger partial charge in [-0.25, -0.2) is 4.79 Å². The van der Waals surface area contributed by atoms with E-state index in [9.17, 15) is 9.59 Å². The number of amides is 1. The fourth-order valence-electron chi connectivity index (χ4n) is 1.99. The van der Waals surface area contributed by atoms with Gasteiger partial charge in [0, 0.05) is 18.0 Å². The third-order valence-corrected chi connectivity index (χ3v) is 3.53. The number of nitrogens with one attached hydrogen (secondary N) is 1. The lowest BCUT2D eigenvalue weighted by atomic mass is 10.0. The number of halogens is 1. The highest BCUT2D eigenvalue weighted by molar-refractivity contribution is 6.30. The largest absolute Gasteiger partial charge is 0.422 e. The zero-order valence-electron chi connectivity index (χ0n) is 11.6. The highest BCUT2D eigenvalue weighted by Crippen LogP contribution is 2.23. The fraction of sp³-hybridized carbons (Fsp3) is 0.333. The number of carbonyl (C=O) groups is 1. The van der Waals surface area contributed by atoms with Gasteiger partial charge < -0.3 is 9.73 Å². The third kappa shape index (κ3) is 2.85. The van der Waals surface area contributed by atoms with Crippen LogP contribution in [0.1, 0.15) is 23.6 Å². The molecule has 2 aromatic rings. The van der Waals surface area contributed by atoms with Crippen molar-refractivity contribution in [3.63, 3.8) is 0 Å². The summed E-state index contributed by atoms with van der Waals surface area (Å²) in [4.78, 5) is 23.2. The van der Waals surface area contributed by atoms with Crippen LogP contribution in [0.2, 0.25) is 0 Å². The van der Waals surface area contributed by atoms with Gasteiger partial charge in [0.05, 0.1) is 0 Å². The summed E-state index contributed by atoms with van der Waals surface area (Å²) in [6.07, 6.45) is 0. The second kappa shape index (κ2) is 5.67. The molecule has 0 aliphatic rings. The van der Waals surface area contributed by atoms with Crippen LogP contribution >= 0.6 is 11.6 Å². The minimum Gasteiger partial charge on any atom is -0.422 e. The highest BCUT2D eigenvalue weighted by atomic mass is 35.5. The van der Waals surface area contributed by atoms with Crippen molar-refractivity contribution in [1.29, 1.82) is 0 Å². The molecule has 1 unspecified atom stereocenters. The predicted molar refractivity (Wildman–Crippen MR) is 79.1 cm³/mol. The first-order valence-corrected chi connectivity index (χ1v) is 6.78. The third-order valence-electron chi connectivity index (χ3n) is 3.33. The Kier molecular flexibility index (Phi) is 4.14. The van der Waals surface area contributed by atoms with Crippen LogP contribution in [0.15, 0.2) is 27.4 Å². The van der Waals surface area contributed by atoms with Gasteiger partial charge in [-0.15, -0.1) is 11.6 Å². The van der Waals surface area contributed by atoms with Gasteiger partial charge in [-0.05, 0) is 37.5 Å². The lowest BCUT2D eigenvalue weighted by Crippen LogP contribution is -2.29. The van der Waals surface area contributed by atoms with Crippen molar-refractivity contribution in [2.24, 2.45) is 0 Å². The van der Waals surface area contributed by atoms with Gasteiger partial charge in [0.15, 0.2) is 0 Å². The van der Waals surface area contributed by atoms with Gasteiger partial charge in [0.1, 0.15) is 11.0 Å². The van der Waals surface area contributed by atoms with Gasteiger partial charge in [-0.2, -0.15) is 0 Å². The van der Waals surface area contributed by atoms with Crippen LogP contribution in [0.5, 0.6) is 0 Å². The van der Waals surface area contributed by atoms with Crippen LogP contribution in [-0.2, 0) is 11.3 Å². The summed E-state index contributed by atoms with van der Waals surface area (Å²) in [5.74, 6) is -0.267. The van der Waals surface area contributed by atoms with Crippen LogP contribution in [0.3, 0.4) is 0 Å². The second-order valence-electron chi connectivity index (χ2n) is 4.81. The van der Waals surface area contributed by atoms with Gasteiger partial charge in [0.2, 0.25) is 5.91 Å². The zero-order valence-corrected chi connectivity index (χ0v) is 12.4. The standard InChI is InChI=1S/C15H16ClNO3/c1-8-4-5-12-11(7-17-15(19)10(3)16)6-13(18)20-14(12)9(8)2/h4-6,10H,7H2,1-3H3,(H,17,19). The van der Waals surface area contributed by atoms with Crippen molar-refractivity contribution in [1.82, 2.24) is 5.32 Å². The first kappa shape index (κ1) is 14.6. The normalized spacial score (nSPS) is 12.4. The Bertz CT molecular complexity index is 719. The topological polar surface area (TPSA) is 59.3 Å². The SMILES string of the molecule is Cc1ccc2c(CNC(=O)C(C)Cl)cc(=O)oc2c1C. The molecule has 0 radical (unpaired) electrons. The first-order valence-electron chi connectivity index (χ1n) is 6.35. The number of benzene rings is 1. The van der Waals surface area contributed by atoms with E-state index in [1.807, 2.05) is 26.0 Å². The Morgan fingerprint density at radius 3 is 2.75 bits per heavy atom. The van der Waals surface area contributed by atoms with E-state index in [0.29, 0.717) is 5.58 Å². The quantitative estimate of drug-likeness (QED) is 0.699. The maximum absolute atomic E-state index is 11.6. The van der Waals surface area contributed by atoms with Crippen molar-refractivity contribution in [2.75, 3.05) is 0 Å². The average molecular weight is 294 g/mol. The van der Waals surface area contributed by atoms with E-state index in [2.05, 4.69) is 5.32 Å². The van der Waals surface area contributed by atoms with Crippen molar-refractivity contribution < 1.29 is 9.21 Å². The molecule has 1 aromatic heterocycles. The monoisotopic (exact) mass is 293 g/mol. The number of rotatable bonds is 3.